The molecule has 0 saturated heterocycles. The molecule has 2 aromatic carbocycles. The summed E-state index contributed by atoms with van der Waals surface area (Å²) in [6.07, 6.45) is 0. The van der Waals surface area contributed by atoms with Gasteiger partial charge in [0.2, 0.25) is 0 Å². The number of hydrogen-bond donors (Lipinski definition) is 0. The first-order valence-corrected chi connectivity index (χ1v) is 8.01. The van der Waals surface area contributed by atoms with Crippen LogP contribution in [0.5, 0.6) is 11.5 Å². The zero-order chi connectivity index (χ0) is 15.6. The fraction of sp³-hybridized carbons (Fsp3) is 0.250. The van der Waals surface area contributed by atoms with Crippen molar-refractivity contribution in [1.82, 2.24) is 0 Å². The van der Waals surface area contributed by atoms with Gasteiger partial charge in [-0.25, -0.2) is 4.39 Å². The molecule has 0 aliphatic heterocycles. The topological polar surface area (TPSA) is 18.5 Å². The number of alkyl halides is 1. The van der Waals surface area contributed by atoms with E-state index in [2.05, 4.69) is 31.9 Å². The smallest absolute Gasteiger partial charge is 0.133 e. The number of aryl methyl sites for hydroxylation is 1. The molecule has 0 heterocycles. The fourth-order valence-electron chi connectivity index (χ4n) is 2.12. The van der Waals surface area contributed by atoms with Crippen LogP contribution in [0, 0.1) is 12.7 Å². The van der Waals surface area contributed by atoms with E-state index in [4.69, 9.17) is 9.47 Å². The van der Waals surface area contributed by atoms with Crippen molar-refractivity contribution in [2.75, 3.05) is 14.2 Å². The molecule has 0 N–H and O–H groups in total. The lowest BCUT2D eigenvalue weighted by Crippen LogP contribution is -2.02. The summed E-state index contributed by atoms with van der Waals surface area (Å²) in [6.45, 7) is 1.75. The Bertz CT molecular complexity index is 659. The number of methoxy groups -OCH3 is 2. The molecule has 0 spiro atoms. The second-order valence-corrected chi connectivity index (χ2v) is 6.34. The Morgan fingerprint density at radius 1 is 1.05 bits per heavy atom. The molecular formula is C16H15Br2FO2. The van der Waals surface area contributed by atoms with Crippen LogP contribution >= 0.6 is 31.9 Å². The van der Waals surface area contributed by atoms with E-state index in [0.29, 0.717) is 22.6 Å². The second-order valence-electron chi connectivity index (χ2n) is 4.57. The Hall–Kier alpha value is -1.07. The summed E-state index contributed by atoms with van der Waals surface area (Å²) in [4.78, 5) is -0.325. The summed E-state index contributed by atoms with van der Waals surface area (Å²) < 4.78 is 25.8. The first-order valence-electron chi connectivity index (χ1n) is 6.30. The standard InChI is InChI=1S/C16H15Br2FO2/c1-9-5-4-6-10(16(9)19)15(18)11-7-14(21-3)12(17)8-13(11)20-2/h4-8,15H,1-3H3. The maximum atomic E-state index is 14.3. The molecule has 2 nitrogen and oxygen atoms in total. The van der Waals surface area contributed by atoms with Gasteiger partial charge in [0.05, 0.1) is 23.5 Å². The predicted molar refractivity (Wildman–Crippen MR) is 89.2 cm³/mol. The molecule has 0 amide bonds. The van der Waals surface area contributed by atoms with E-state index in [1.54, 1.807) is 33.3 Å². The maximum absolute atomic E-state index is 14.3. The molecule has 0 aromatic heterocycles. The van der Waals surface area contributed by atoms with Gasteiger partial charge in [0.15, 0.2) is 0 Å². The third-order valence-electron chi connectivity index (χ3n) is 3.27. The quantitative estimate of drug-likeness (QED) is 0.620. The van der Waals surface area contributed by atoms with Crippen LogP contribution in [0.2, 0.25) is 0 Å². The van der Waals surface area contributed by atoms with Gasteiger partial charge in [-0.1, -0.05) is 34.1 Å². The van der Waals surface area contributed by atoms with E-state index in [-0.39, 0.29) is 10.6 Å². The zero-order valence-electron chi connectivity index (χ0n) is 11.9. The molecule has 21 heavy (non-hydrogen) atoms. The Morgan fingerprint density at radius 2 is 1.71 bits per heavy atom. The van der Waals surface area contributed by atoms with E-state index in [1.807, 2.05) is 18.2 Å². The monoisotopic (exact) mass is 416 g/mol. The molecule has 112 valence electrons. The first kappa shape index (κ1) is 16.3. The van der Waals surface area contributed by atoms with Gasteiger partial charge in [0, 0.05) is 11.1 Å². The van der Waals surface area contributed by atoms with Crippen LogP contribution in [-0.2, 0) is 0 Å². The molecule has 1 atom stereocenters. The van der Waals surface area contributed by atoms with E-state index in [1.165, 1.54) is 0 Å². The summed E-state index contributed by atoms with van der Waals surface area (Å²) in [5.74, 6) is 1.11. The van der Waals surface area contributed by atoms with E-state index in [9.17, 15) is 4.39 Å². The summed E-state index contributed by atoms with van der Waals surface area (Å²) in [7, 11) is 3.18. The highest BCUT2D eigenvalue weighted by Crippen LogP contribution is 2.42. The lowest BCUT2D eigenvalue weighted by Gasteiger charge is -2.18. The molecule has 0 aliphatic rings. The molecule has 1 unspecified atom stereocenters. The maximum Gasteiger partial charge on any atom is 0.133 e. The van der Waals surface area contributed by atoms with Gasteiger partial charge in [0.1, 0.15) is 17.3 Å². The molecule has 0 radical (unpaired) electrons. The number of rotatable bonds is 4. The van der Waals surface area contributed by atoms with Crippen molar-refractivity contribution in [3.05, 3.63) is 57.3 Å². The minimum Gasteiger partial charge on any atom is -0.496 e. The highest BCUT2D eigenvalue weighted by Gasteiger charge is 2.21. The lowest BCUT2D eigenvalue weighted by molar-refractivity contribution is 0.397. The largest absolute Gasteiger partial charge is 0.496 e. The number of benzene rings is 2. The molecule has 0 bridgehead atoms. The van der Waals surface area contributed by atoms with Gasteiger partial charge in [-0.2, -0.15) is 0 Å². The molecule has 0 fully saturated rings. The summed E-state index contributed by atoms with van der Waals surface area (Å²) in [5, 5.41) is 0. The van der Waals surface area contributed by atoms with Gasteiger partial charge >= 0.3 is 0 Å². The van der Waals surface area contributed by atoms with E-state index < -0.39 is 0 Å². The number of ether oxygens (including phenoxy) is 2. The van der Waals surface area contributed by atoms with Crippen LogP contribution in [0.3, 0.4) is 0 Å². The highest BCUT2D eigenvalue weighted by atomic mass is 79.9. The minimum atomic E-state index is -0.325. The van der Waals surface area contributed by atoms with Crippen molar-refractivity contribution in [3.8, 4) is 11.5 Å². The van der Waals surface area contributed by atoms with Gasteiger partial charge in [-0.15, -0.1) is 0 Å². The van der Waals surface area contributed by atoms with E-state index >= 15 is 0 Å². The summed E-state index contributed by atoms with van der Waals surface area (Å²) >= 11 is 6.99. The molecular weight excluding hydrogens is 403 g/mol. The van der Waals surface area contributed by atoms with Crippen LogP contribution in [0.25, 0.3) is 0 Å². The lowest BCUT2D eigenvalue weighted by atomic mass is 10.0. The van der Waals surface area contributed by atoms with Crippen molar-refractivity contribution in [2.24, 2.45) is 0 Å². The van der Waals surface area contributed by atoms with Crippen LogP contribution < -0.4 is 9.47 Å². The van der Waals surface area contributed by atoms with Crippen LogP contribution in [0.1, 0.15) is 21.5 Å². The third kappa shape index (κ3) is 3.24. The second kappa shape index (κ2) is 6.79. The van der Waals surface area contributed by atoms with Gasteiger partial charge in [0.25, 0.3) is 0 Å². The highest BCUT2D eigenvalue weighted by molar-refractivity contribution is 9.10. The Morgan fingerprint density at radius 3 is 2.33 bits per heavy atom. The fourth-order valence-corrected chi connectivity index (χ4v) is 3.31. The summed E-state index contributed by atoms with van der Waals surface area (Å²) in [6, 6.07) is 9.00. The Labute approximate surface area is 140 Å². The first-order chi connectivity index (χ1) is 9.99. The third-order valence-corrected chi connectivity index (χ3v) is 4.88. The predicted octanol–water partition coefficient (Wildman–Crippen LogP) is 5.40. The van der Waals surface area contributed by atoms with Crippen LogP contribution in [-0.4, -0.2) is 14.2 Å². The van der Waals surface area contributed by atoms with Crippen molar-refractivity contribution in [2.45, 2.75) is 11.8 Å². The average Bonchev–Trinajstić information content (AvgIpc) is 2.49. The molecule has 0 aliphatic carbocycles. The van der Waals surface area contributed by atoms with Crippen molar-refractivity contribution < 1.29 is 13.9 Å². The van der Waals surface area contributed by atoms with Gasteiger partial charge in [-0.3, -0.25) is 0 Å². The number of hydrogen-bond acceptors (Lipinski definition) is 2. The molecule has 5 heteroatoms. The summed E-state index contributed by atoms with van der Waals surface area (Å²) in [5.41, 5.74) is 1.99. The Balaban J connectivity index is 2.56. The SMILES string of the molecule is COc1cc(C(Br)c2cccc(C)c2F)c(OC)cc1Br. The van der Waals surface area contributed by atoms with Gasteiger partial charge < -0.3 is 9.47 Å². The Kier molecular flexibility index (Phi) is 5.27. The van der Waals surface area contributed by atoms with Crippen molar-refractivity contribution in [1.29, 1.82) is 0 Å². The number of halogens is 3. The molecule has 2 aromatic rings. The van der Waals surface area contributed by atoms with Crippen LogP contribution in [0.15, 0.2) is 34.8 Å². The average molecular weight is 418 g/mol. The minimum absolute atomic E-state index is 0.219. The van der Waals surface area contributed by atoms with Crippen molar-refractivity contribution >= 4 is 31.9 Å². The van der Waals surface area contributed by atoms with Crippen molar-refractivity contribution in [3.63, 3.8) is 0 Å². The van der Waals surface area contributed by atoms with Gasteiger partial charge in [-0.05, 0) is 40.5 Å². The molecule has 2 rings (SSSR count). The van der Waals surface area contributed by atoms with E-state index in [0.717, 1.165) is 10.0 Å². The normalized spacial score (nSPS) is 12.1. The van der Waals surface area contributed by atoms with Crippen LogP contribution in [0.4, 0.5) is 4.39 Å². The molecule has 0 saturated carbocycles. The zero-order valence-corrected chi connectivity index (χ0v) is 15.1.